The molecule has 20 heavy (non-hydrogen) atoms. The van der Waals surface area contributed by atoms with Crippen LogP contribution >= 0.6 is 15.9 Å². The van der Waals surface area contributed by atoms with Gasteiger partial charge in [-0.3, -0.25) is 14.5 Å². The number of rotatable bonds is 5. The molecule has 0 saturated heterocycles. The Morgan fingerprint density at radius 3 is 2.55 bits per heavy atom. The van der Waals surface area contributed by atoms with Crippen LogP contribution in [0.25, 0.3) is 0 Å². The highest BCUT2D eigenvalue weighted by molar-refractivity contribution is 9.10. The predicted molar refractivity (Wildman–Crippen MR) is 78.7 cm³/mol. The normalized spacial score (nSPS) is 15.9. The highest BCUT2D eigenvalue weighted by Crippen LogP contribution is 2.26. The van der Waals surface area contributed by atoms with Gasteiger partial charge in [0.1, 0.15) is 0 Å². The summed E-state index contributed by atoms with van der Waals surface area (Å²) < 4.78 is 0.751. The third-order valence-corrected chi connectivity index (χ3v) is 3.58. The molecule has 1 aliphatic rings. The van der Waals surface area contributed by atoms with Crippen molar-refractivity contribution in [3.8, 4) is 0 Å². The zero-order valence-corrected chi connectivity index (χ0v) is 13.0. The highest BCUT2D eigenvalue weighted by atomic mass is 79.9. The first-order valence-electron chi connectivity index (χ1n) is 6.47. The van der Waals surface area contributed by atoms with E-state index in [0.717, 1.165) is 9.37 Å². The molecule has 1 aromatic carbocycles. The predicted octanol–water partition coefficient (Wildman–Crippen LogP) is 1.40. The van der Waals surface area contributed by atoms with Gasteiger partial charge in [0.15, 0.2) is 0 Å². The van der Waals surface area contributed by atoms with Crippen LogP contribution in [0, 0.1) is 0 Å². The summed E-state index contributed by atoms with van der Waals surface area (Å²) >= 11 is 3.28. The molecule has 0 spiro atoms. The lowest BCUT2D eigenvalue weighted by atomic mass is 10.1. The molecule has 1 heterocycles. The molecule has 0 fully saturated rings. The molecule has 1 atom stereocenters. The molecular weight excluding hydrogens is 324 g/mol. The van der Waals surface area contributed by atoms with Crippen molar-refractivity contribution < 1.29 is 14.7 Å². The molecule has 5 nitrogen and oxygen atoms in total. The molecule has 2 N–H and O–H groups in total. The van der Waals surface area contributed by atoms with Crippen LogP contribution in [0.1, 0.15) is 34.6 Å². The largest absolute Gasteiger partial charge is 0.390 e. The Bertz CT molecular complexity index is 545. The first-order chi connectivity index (χ1) is 9.40. The summed E-state index contributed by atoms with van der Waals surface area (Å²) in [5, 5.41) is 13.0. The molecule has 2 amide bonds. The summed E-state index contributed by atoms with van der Waals surface area (Å²) in [5.74, 6) is -0.698. The van der Waals surface area contributed by atoms with Crippen molar-refractivity contribution >= 4 is 27.7 Å². The lowest BCUT2D eigenvalue weighted by Crippen LogP contribution is -2.42. The minimum absolute atomic E-state index is 0.00366. The fourth-order valence-corrected chi connectivity index (χ4v) is 2.44. The van der Waals surface area contributed by atoms with E-state index in [-0.39, 0.29) is 24.4 Å². The van der Waals surface area contributed by atoms with E-state index in [9.17, 15) is 14.7 Å². The lowest BCUT2D eigenvalue weighted by molar-refractivity contribution is 0.0542. The average molecular weight is 341 g/mol. The van der Waals surface area contributed by atoms with E-state index in [0.29, 0.717) is 17.7 Å². The number of benzene rings is 1. The van der Waals surface area contributed by atoms with E-state index in [1.165, 1.54) is 0 Å². The first kappa shape index (κ1) is 15.2. The molecule has 1 aromatic rings. The van der Waals surface area contributed by atoms with Gasteiger partial charge in [0.05, 0.1) is 23.8 Å². The number of carbonyl (C=O) groups excluding carboxylic acids is 2. The Labute approximate surface area is 126 Å². The number of hydrogen-bond acceptors (Lipinski definition) is 4. The van der Waals surface area contributed by atoms with Crippen molar-refractivity contribution in [2.24, 2.45) is 0 Å². The number of amides is 2. The molecule has 1 aliphatic heterocycles. The molecule has 0 radical (unpaired) electrons. The Balaban J connectivity index is 2.08. The van der Waals surface area contributed by atoms with Crippen LogP contribution in [0.4, 0.5) is 0 Å². The summed E-state index contributed by atoms with van der Waals surface area (Å²) in [6.07, 6.45) is -0.775. The minimum Gasteiger partial charge on any atom is -0.390 e. The summed E-state index contributed by atoms with van der Waals surface area (Å²) in [4.78, 5) is 25.4. The van der Waals surface area contributed by atoms with Gasteiger partial charge in [0, 0.05) is 17.1 Å². The number of halogens is 1. The molecule has 0 aromatic heterocycles. The number of β-amino-alcohol motifs (C(OH)–C–C–N with tert-alkyl or cyclic N) is 1. The number of fused-ring (bicyclic) bond motifs is 1. The van der Waals surface area contributed by atoms with E-state index in [4.69, 9.17) is 0 Å². The molecular formula is C14H17BrN2O3. The zero-order chi connectivity index (χ0) is 14.9. The SMILES string of the molecule is CC(C)NCC(O)CN1C(=O)c2ccc(Br)cc2C1=O. The Morgan fingerprint density at radius 1 is 1.25 bits per heavy atom. The van der Waals surface area contributed by atoms with Crippen molar-refractivity contribution in [3.63, 3.8) is 0 Å². The fourth-order valence-electron chi connectivity index (χ4n) is 2.08. The van der Waals surface area contributed by atoms with Gasteiger partial charge in [-0.15, -0.1) is 0 Å². The van der Waals surface area contributed by atoms with Crippen LogP contribution in [0.3, 0.4) is 0 Å². The van der Waals surface area contributed by atoms with E-state index in [2.05, 4.69) is 21.2 Å². The quantitative estimate of drug-likeness (QED) is 0.795. The number of nitrogens with one attached hydrogen (secondary N) is 1. The van der Waals surface area contributed by atoms with Crippen molar-refractivity contribution in [3.05, 3.63) is 33.8 Å². The topological polar surface area (TPSA) is 69.6 Å². The third kappa shape index (κ3) is 3.08. The van der Waals surface area contributed by atoms with Gasteiger partial charge in [0.2, 0.25) is 0 Å². The van der Waals surface area contributed by atoms with Crippen molar-refractivity contribution in [2.75, 3.05) is 13.1 Å². The maximum Gasteiger partial charge on any atom is 0.261 e. The standard InChI is InChI=1S/C14H17BrN2O3/c1-8(2)16-6-10(18)7-17-13(19)11-4-3-9(15)5-12(11)14(17)20/h3-5,8,10,16,18H,6-7H2,1-2H3. The van der Waals surface area contributed by atoms with Crippen LogP contribution in [-0.2, 0) is 0 Å². The number of nitrogens with zero attached hydrogens (tertiary/aromatic N) is 1. The smallest absolute Gasteiger partial charge is 0.261 e. The molecule has 108 valence electrons. The Hall–Kier alpha value is -1.24. The maximum atomic E-state index is 12.2. The molecule has 2 rings (SSSR count). The second-order valence-corrected chi connectivity index (χ2v) is 6.04. The molecule has 0 saturated carbocycles. The summed E-state index contributed by atoms with van der Waals surface area (Å²) in [6.45, 7) is 4.27. The molecule has 0 bridgehead atoms. The zero-order valence-electron chi connectivity index (χ0n) is 11.4. The van der Waals surface area contributed by atoms with Crippen LogP contribution in [0.2, 0.25) is 0 Å². The fraction of sp³-hybridized carbons (Fsp3) is 0.429. The number of hydrogen-bond donors (Lipinski definition) is 2. The van der Waals surface area contributed by atoms with Gasteiger partial charge < -0.3 is 10.4 Å². The Kier molecular flexibility index (Phi) is 4.57. The van der Waals surface area contributed by atoms with Gasteiger partial charge in [-0.1, -0.05) is 29.8 Å². The summed E-state index contributed by atoms with van der Waals surface area (Å²) in [5.41, 5.74) is 0.774. The van der Waals surface area contributed by atoms with Gasteiger partial charge in [-0.05, 0) is 18.2 Å². The number of imide groups is 1. The maximum absolute atomic E-state index is 12.2. The number of carbonyl (C=O) groups is 2. The van der Waals surface area contributed by atoms with Crippen LogP contribution < -0.4 is 5.32 Å². The van der Waals surface area contributed by atoms with E-state index in [1.807, 2.05) is 13.8 Å². The van der Waals surface area contributed by atoms with Gasteiger partial charge >= 0.3 is 0 Å². The second kappa shape index (κ2) is 6.03. The average Bonchev–Trinajstić information content (AvgIpc) is 2.61. The molecule has 6 heteroatoms. The number of aliphatic hydroxyl groups is 1. The van der Waals surface area contributed by atoms with Crippen LogP contribution in [-0.4, -0.2) is 47.1 Å². The van der Waals surface area contributed by atoms with Crippen molar-refractivity contribution in [2.45, 2.75) is 26.0 Å². The monoisotopic (exact) mass is 340 g/mol. The molecule has 0 aliphatic carbocycles. The van der Waals surface area contributed by atoms with Gasteiger partial charge in [0.25, 0.3) is 11.8 Å². The van der Waals surface area contributed by atoms with E-state index >= 15 is 0 Å². The van der Waals surface area contributed by atoms with Crippen molar-refractivity contribution in [1.29, 1.82) is 0 Å². The number of aliphatic hydroxyl groups excluding tert-OH is 1. The third-order valence-electron chi connectivity index (χ3n) is 3.09. The first-order valence-corrected chi connectivity index (χ1v) is 7.26. The van der Waals surface area contributed by atoms with E-state index in [1.54, 1.807) is 18.2 Å². The molecule has 1 unspecified atom stereocenters. The van der Waals surface area contributed by atoms with Gasteiger partial charge in [-0.2, -0.15) is 0 Å². The van der Waals surface area contributed by atoms with Gasteiger partial charge in [-0.25, -0.2) is 0 Å². The second-order valence-electron chi connectivity index (χ2n) is 5.13. The van der Waals surface area contributed by atoms with E-state index < -0.39 is 6.10 Å². The minimum atomic E-state index is -0.775. The van der Waals surface area contributed by atoms with Crippen LogP contribution in [0.5, 0.6) is 0 Å². The lowest BCUT2D eigenvalue weighted by Gasteiger charge is -2.19. The summed E-state index contributed by atoms with van der Waals surface area (Å²) in [7, 11) is 0. The van der Waals surface area contributed by atoms with Crippen molar-refractivity contribution in [1.82, 2.24) is 10.2 Å². The summed E-state index contributed by atoms with van der Waals surface area (Å²) in [6, 6.07) is 5.22. The highest BCUT2D eigenvalue weighted by Gasteiger charge is 2.36. The van der Waals surface area contributed by atoms with Crippen LogP contribution in [0.15, 0.2) is 22.7 Å². The Morgan fingerprint density at radius 2 is 1.90 bits per heavy atom.